The Bertz CT molecular complexity index is 756. The molecule has 1 aromatic heterocycles. The summed E-state index contributed by atoms with van der Waals surface area (Å²) in [5.41, 5.74) is 1.90. The molecule has 0 saturated carbocycles. The van der Waals surface area contributed by atoms with Gasteiger partial charge < -0.3 is 14.6 Å². The minimum absolute atomic E-state index is 0.0969. The average molecular weight is 354 g/mol. The van der Waals surface area contributed by atoms with E-state index in [0.29, 0.717) is 18.0 Å². The molecule has 0 bridgehead atoms. The van der Waals surface area contributed by atoms with Crippen molar-refractivity contribution in [1.29, 1.82) is 0 Å². The number of nitrogens with zero attached hydrogens (tertiary/aromatic N) is 1. The highest BCUT2D eigenvalue weighted by Crippen LogP contribution is 2.22. The molecule has 0 unspecified atom stereocenters. The summed E-state index contributed by atoms with van der Waals surface area (Å²) in [6, 6.07) is 11.6. The van der Waals surface area contributed by atoms with Crippen LogP contribution in [0.2, 0.25) is 0 Å². The minimum atomic E-state index is -0.0969. The van der Waals surface area contributed by atoms with Crippen molar-refractivity contribution in [1.82, 2.24) is 10.2 Å². The molecule has 1 saturated heterocycles. The molecule has 1 fully saturated rings. The van der Waals surface area contributed by atoms with Crippen molar-refractivity contribution in [3.05, 3.63) is 59.0 Å². The number of rotatable bonds is 5. The highest BCUT2D eigenvalue weighted by molar-refractivity contribution is 5.94. The Morgan fingerprint density at radius 2 is 1.81 bits per heavy atom. The van der Waals surface area contributed by atoms with Crippen LogP contribution in [0.1, 0.15) is 47.2 Å². The van der Waals surface area contributed by atoms with Gasteiger partial charge in [0.2, 0.25) is 5.91 Å². The number of furan rings is 1. The summed E-state index contributed by atoms with van der Waals surface area (Å²) in [5, 5.41) is 2.87. The van der Waals surface area contributed by atoms with Gasteiger partial charge in [-0.15, -0.1) is 0 Å². The first-order chi connectivity index (χ1) is 12.5. The predicted molar refractivity (Wildman–Crippen MR) is 99.7 cm³/mol. The van der Waals surface area contributed by atoms with Gasteiger partial charge in [-0.25, -0.2) is 0 Å². The van der Waals surface area contributed by atoms with Crippen LogP contribution in [0.25, 0.3) is 0 Å². The fourth-order valence-corrected chi connectivity index (χ4v) is 3.43. The van der Waals surface area contributed by atoms with Crippen molar-refractivity contribution >= 4 is 11.8 Å². The van der Waals surface area contributed by atoms with Crippen LogP contribution < -0.4 is 5.32 Å². The van der Waals surface area contributed by atoms with Gasteiger partial charge in [0.15, 0.2) is 0 Å². The number of hydrogen-bond donors (Lipinski definition) is 1. The topological polar surface area (TPSA) is 62.6 Å². The zero-order chi connectivity index (χ0) is 18.5. The van der Waals surface area contributed by atoms with Crippen molar-refractivity contribution < 1.29 is 14.0 Å². The third-order valence-corrected chi connectivity index (χ3v) is 5.02. The number of nitrogens with one attached hydrogen (secondary N) is 1. The molecule has 0 spiro atoms. The Morgan fingerprint density at radius 3 is 2.38 bits per heavy atom. The monoisotopic (exact) mass is 354 g/mol. The van der Waals surface area contributed by atoms with Crippen molar-refractivity contribution in [2.45, 2.75) is 39.7 Å². The second kappa shape index (κ2) is 8.21. The Balaban J connectivity index is 1.48. The molecule has 2 amide bonds. The van der Waals surface area contributed by atoms with E-state index in [9.17, 15) is 9.59 Å². The molecule has 1 N–H and O–H groups in total. The molecule has 3 rings (SSSR count). The first-order valence-corrected chi connectivity index (χ1v) is 9.19. The van der Waals surface area contributed by atoms with Gasteiger partial charge in [-0.2, -0.15) is 0 Å². The molecule has 1 aromatic carbocycles. The van der Waals surface area contributed by atoms with E-state index < -0.39 is 0 Å². The third-order valence-electron chi connectivity index (χ3n) is 5.02. The fourth-order valence-electron chi connectivity index (χ4n) is 3.43. The van der Waals surface area contributed by atoms with E-state index in [1.165, 1.54) is 5.56 Å². The number of aryl methyl sites for hydroxylation is 1. The lowest BCUT2D eigenvalue weighted by atomic mass is 9.90. The van der Waals surface area contributed by atoms with E-state index in [0.717, 1.165) is 43.9 Å². The summed E-state index contributed by atoms with van der Waals surface area (Å²) >= 11 is 0. The van der Waals surface area contributed by atoms with Crippen molar-refractivity contribution in [3.63, 3.8) is 0 Å². The van der Waals surface area contributed by atoms with Crippen molar-refractivity contribution in [3.8, 4) is 0 Å². The molecule has 1 aliphatic rings. The Morgan fingerprint density at radius 1 is 1.12 bits per heavy atom. The van der Waals surface area contributed by atoms with Crippen LogP contribution in [0.3, 0.4) is 0 Å². The Labute approximate surface area is 154 Å². The van der Waals surface area contributed by atoms with E-state index in [1.807, 2.05) is 48.2 Å². The highest BCUT2D eigenvalue weighted by Gasteiger charge is 2.20. The van der Waals surface area contributed by atoms with Crippen molar-refractivity contribution in [2.75, 3.05) is 13.1 Å². The van der Waals surface area contributed by atoms with Gasteiger partial charge in [-0.05, 0) is 61.9 Å². The second-order valence-corrected chi connectivity index (χ2v) is 7.05. The van der Waals surface area contributed by atoms with E-state index in [-0.39, 0.29) is 11.8 Å². The molecule has 26 heavy (non-hydrogen) atoms. The Kier molecular flexibility index (Phi) is 5.76. The summed E-state index contributed by atoms with van der Waals surface area (Å²) in [5.74, 6) is 2.27. The van der Waals surface area contributed by atoms with Crippen LogP contribution in [-0.4, -0.2) is 29.8 Å². The minimum Gasteiger partial charge on any atom is -0.465 e. The number of carbonyl (C=O) groups is 2. The van der Waals surface area contributed by atoms with Crippen LogP contribution in [0.4, 0.5) is 0 Å². The van der Waals surface area contributed by atoms with Crippen molar-refractivity contribution in [2.24, 2.45) is 5.92 Å². The maximum absolute atomic E-state index is 12.2. The molecule has 2 heterocycles. The van der Waals surface area contributed by atoms with Gasteiger partial charge in [0.1, 0.15) is 11.5 Å². The molecular weight excluding hydrogens is 328 g/mol. The molecule has 0 atom stereocenters. The number of hydrogen-bond acceptors (Lipinski definition) is 3. The van der Waals surface area contributed by atoms with Crippen LogP contribution in [0, 0.1) is 12.8 Å². The van der Waals surface area contributed by atoms with Gasteiger partial charge in [-0.3, -0.25) is 9.59 Å². The zero-order valence-electron chi connectivity index (χ0n) is 15.5. The molecule has 0 radical (unpaired) electrons. The lowest BCUT2D eigenvalue weighted by molar-refractivity contribution is -0.130. The first kappa shape index (κ1) is 18.2. The van der Waals surface area contributed by atoms with E-state index in [1.54, 1.807) is 6.92 Å². The largest absolute Gasteiger partial charge is 0.465 e. The molecule has 2 aromatic rings. The number of amides is 2. The van der Waals surface area contributed by atoms with Crippen LogP contribution in [0.5, 0.6) is 0 Å². The summed E-state index contributed by atoms with van der Waals surface area (Å²) in [7, 11) is 0. The first-order valence-electron chi connectivity index (χ1n) is 9.19. The number of carbonyl (C=O) groups excluding carboxylic acids is 2. The van der Waals surface area contributed by atoms with E-state index in [4.69, 9.17) is 4.42 Å². The lowest BCUT2D eigenvalue weighted by Crippen LogP contribution is -2.37. The van der Waals surface area contributed by atoms with E-state index in [2.05, 4.69) is 5.32 Å². The third kappa shape index (κ3) is 4.75. The average Bonchev–Trinajstić information content (AvgIpc) is 3.06. The summed E-state index contributed by atoms with van der Waals surface area (Å²) in [6.45, 7) is 5.62. The van der Waals surface area contributed by atoms with Crippen LogP contribution in [-0.2, 0) is 17.8 Å². The van der Waals surface area contributed by atoms with E-state index >= 15 is 0 Å². The molecule has 138 valence electrons. The normalized spacial score (nSPS) is 15.1. The zero-order valence-corrected chi connectivity index (χ0v) is 15.5. The SMILES string of the molecule is CC(=O)N1CCC(Cc2ccc(C(=O)NCc3ccc(C)o3)cc2)CC1. The lowest BCUT2D eigenvalue weighted by Gasteiger charge is -2.31. The maximum Gasteiger partial charge on any atom is 0.251 e. The van der Waals surface area contributed by atoms with Gasteiger partial charge in [-0.1, -0.05) is 12.1 Å². The second-order valence-electron chi connectivity index (χ2n) is 7.05. The van der Waals surface area contributed by atoms with Gasteiger partial charge in [0.25, 0.3) is 5.91 Å². The molecule has 5 heteroatoms. The number of piperidine rings is 1. The number of likely N-dealkylation sites (tertiary alicyclic amines) is 1. The van der Waals surface area contributed by atoms with Crippen LogP contribution >= 0.6 is 0 Å². The fraction of sp³-hybridized carbons (Fsp3) is 0.429. The van der Waals surface area contributed by atoms with Crippen LogP contribution in [0.15, 0.2) is 40.8 Å². The standard InChI is InChI=1S/C21H26N2O3/c1-15-3-8-20(26-15)14-22-21(25)19-6-4-17(5-7-19)13-18-9-11-23(12-10-18)16(2)24/h3-8,18H,9-14H2,1-2H3,(H,22,25). The smallest absolute Gasteiger partial charge is 0.251 e. The van der Waals surface area contributed by atoms with Gasteiger partial charge in [0.05, 0.1) is 6.54 Å². The molecule has 5 nitrogen and oxygen atoms in total. The molecular formula is C21H26N2O3. The molecule has 1 aliphatic heterocycles. The summed E-state index contributed by atoms with van der Waals surface area (Å²) < 4.78 is 5.46. The number of benzene rings is 1. The maximum atomic E-state index is 12.2. The molecule has 0 aliphatic carbocycles. The quantitative estimate of drug-likeness (QED) is 0.896. The summed E-state index contributed by atoms with van der Waals surface area (Å²) in [4.78, 5) is 25.5. The summed E-state index contributed by atoms with van der Waals surface area (Å²) in [6.07, 6.45) is 3.09. The predicted octanol–water partition coefficient (Wildman–Crippen LogP) is 3.32. The van der Waals surface area contributed by atoms with Gasteiger partial charge >= 0.3 is 0 Å². The van der Waals surface area contributed by atoms with Gasteiger partial charge in [0, 0.05) is 25.6 Å². The Hall–Kier alpha value is -2.56. The highest BCUT2D eigenvalue weighted by atomic mass is 16.3.